The van der Waals surface area contributed by atoms with Crippen molar-refractivity contribution in [1.82, 2.24) is 9.55 Å². The maximum Gasteiger partial charge on any atom is 0.149 e. The van der Waals surface area contributed by atoms with E-state index in [1.54, 1.807) is 7.11 Å². The number of nitrogens with zero attached hydrogens (tertiary/aromatic N) is 3. The fourth-order valence-electron chi connectivity index (χ4n) is 5.89. The third-order valence-corrected chi connectivity index (χ3v) is 7.76. The number of methoxy groups -OCH3 is 1. The Balaban J connectivity index is 1.79. The summed E-state index contributed by atoms with van der Waals surface area (Å²) < 4.78 is 7.84. The minimum absolute atomic E-state index is 0.390. The van der Waals surface area contributed by atoms with Gasteiger partial charge in [0.1, 0.15) is 17.5 Å². The molecule has 0 unspecified atom stereocenters. The number of pyridine rings is 1. The van der Waals surface area contributed by atoms with Crippen LogP contribution in [0, 0.1) is 11.3 Å². The van der Waals surface area contributed by atoms with E-state index in [1.807, 2.05) is 60.7 Å². The zero-order valence-corrected chi connectivity index (χ0v) is 23.6. The molecule has 4 nitrogen and oxygen atoms in total. The molecule has 43 heavy (non-hydrogen) atoms. The van der Waals surface area contributed by atoms with E-state index in [9.17, 15) is 5.26 Å². The van der Waals surface area contributed by atoms with E-state index in [2.05, 4.69) is 95.6 Å². The van der Waals surface area contributed by atoms with E-state index < -0.39 is 0 Å². The molecule has 0 aliphatic rings. The number of benzene rings is 5. The lowest BCUT2D eigenvalue weighted by molar-refractivity contribution is 0.415. The van der Waals surface area contributed by atoms with Gasteiger partial charge in [0, 0.05) is 27.6 Å². The molecule has 0 fully saturated rings. The number of rotatable bonds is 6. The molecular formula is C39H27N3O. The summed E-state index contributed by atoms with van der Waals surface area (Å²) in [6, 6.07) is 51.7. The Morgan fingerprint density at radius 1 is 0.558 bits per heavy atom. The summed E-state index contributed by atoms with van der Waals surface area (Å²) in [6.07, 6.45) is 0. The first kappa shape index (κ1) is 26.0. The fourth-order valence-corrected chi connectivity index (χ4v) is 5.89. The molecule has 0 radical (unpaired) electrons. The van der Waals surface area contributed by atoms with Crippen molar-refractivity contribution in [1.29, 1.82) is 5.26 Å². The highest BCUT2D eigenvalue weighted by molar-refractivity contribution is 6.18. The van der Waals surface area contributed by atoms with Crippen LogP contribution in [-0.2, 0) is 0 Å². The third-order valence-electron chi connectivity index (χ3n) is 7.76. The molecule has 0 amide bonds. The number of fused-ring (bicyclic) bond motifs is 1. The Morgan fingerprint density at radius 2 is 1.02 bits per heavy atom. The normalized spacial score (nSPS) is 10.9. The molecule has 2 heterocycles. The van der Waals surface area contributed by atoms with Crippen LogP contribution in [0.5, 0.6) is 5.75 Å². The van der Waals surface area contributed by atoms with Crippen molar-refractivity contribution in [2.45, 2.75) is 0 Å². The molecule has 4 heteroatoms. The lowest BCUT2D eigenvalue weighted by atomic mass is 9.92. The minimum Gasteiger partial charge on any atom is -0.497 e. The standard InChI is InChI=1S/C39H27N3O/c1-43-32-24-22-31(23-25-32)42-38(29-18-10-4-11-19-29)35-34(27-14-6-2-7-15-27)33(26-40)41-37(28-16-8-3-9-17-28)36(35)39(42)30-20-12-5-13-21-30/h2-25H,1H3. The number of nitriles is 1. The van der Waals surface area contributed by atoms with Crippen LogP contribution in [0.3, 0.4) is 0 Å². The Morgan fingerprint density at radius 3 is 1.51 bits per heavy atom. The molecule has 0 saturated heterocycles. The minimum atomic E-state index is 0.390. The maximum absolute atomic E-state index is 10.6. The second-order valence-electron chi connectivity index (χ2n) is 10.2. The van der Waals surface area contributed by atoms with Crippen molar-refractivity contribution in [3.63, 3.8) is 0 Å². The monoisotopic (exact) mass is 553 g/mol. The van der Waals surface area contributed by atoms with Crippen molar-refractivity contribution in [2.75, 3.05) is 7.11 Å². The quantitative estimate of drug-likeness (QED) is 0.206. The van der Waals surface area contributed by atoms with Crippen LogP contribution in [-0.4, -0.2) is 16.7 Å². The molecule has 0 atom stereocenters. The molecule has 0 bridgehead atoms. The average molecular weight is 554 g/mol. The summed E-state index contributed by atoms with van der Waals surface area (Å²) >= 11 is 0. The van der Waals surface area contributed by atoms with Crippen LogP contribution in [0.25, 0.3) is 61.4 Å². The van der Waals surface area contributed by atoms with E-state index >= 15 is 0 Å². The van der Waals surface area contributed by atoms with E-state index in [-0.39, 0.29) is 0 Å². The van der Waals surface area contributed by atoms with Crippen molar-refractivity contribution < 1.29 is 4.74 Å². The van der Waals surface area contributed by atoms with Gasteiger partial charge in [-0.05, 0) is 41.0 Å². The smallest absolute Gasteiger partial charge is 0.149 e. The molecule has 7 aromatic rings. The molecule has 0 spiro atoms. The molecule has 5 aromatic carbocycles. The number of aromatic nitrogens is 2. The molecule has 204 valence electrons. The molecule has 2 aromatic heterocycles. The van der Waals surface area contributed by atoms with Crippen LogP contribution in [0.4, 0.5) is 0 Å². The van der Waals surface area contributed by atoms with Crippen LogP contribution in [0.2, 0.25) is 0 Å². The average Bonchev–Trinajstić information content (AvgIpc) is 3.45. The lowest BCUT2D eigenvalue weighted by Gasteiger charge is -2.15. The third kappa shape index (κ3) is 4.54. The SMILES string of the molecule is COc1ccc(-n2c(-c3ccccc3)c3c(-c4ccccc4)nc(C#N)c(-c4ccccc4)c3c2-c2ccccc2)cc1. The van der Waals surface area contributed by atoms with Gasteiger partial charge in [0.05, 0.1) is 24.2 Å². The highest BCUT2D eigenvalue weighted by Gasteiger charge is 2.29. The maximum atomic E-state index is 10.6. The molecule has 0 N–H and O–H groups in total. The van der Waals surface area contributed by atoms with Gasteiger partial charge in [-0.3, -0.25) is 0 Å². The van der Waals surface area contributed by atoms with E-state index in [4.69, 9.17) is 9.72 Å². The van der Waals surface area contributed by atoms with Crippen LogP contribution in [0.15, 0.2) is 146 Å². The van der Waals surface area contributed by atoms with Crippen molar-refractivity contribution >= 4 is 10.8 Å². The van der Waals surface area contributed by atoms with Crippen LogP contribution < -0.4 is 4.74 Å². The Labute approximate surface area is 250 Å². The van der Waals surface area contributed by atoms with Gasteiger partial charge in [-0.25, -0.2) is 4.98 Å². The molecule has 0 aliphatic carbocycles. The zero-order chi connectivity index (χ0) is 29.2. The summed E-state index contributed by atoms with van der Waals surface area (Å²) in [4.78, 5) is 5.13. The molecule has 7 rings (SSSR count). The van der Waals surface area contributed by atoms with Gasteiger partial charge in [-0.1, -0.05) is 121 Å². The van der Waals surface area contributed by atoms with E-state index in [0.717, 1.165) is 67.1 Å². The Kier molecular flexibility index (Phi) is 6.75. The van der Waals surface area contributed by atoms with Gasteiger partial charge in [-0.15, -0.1) is 0 Å². The topological polar surface area (TPSA) is 50.8 Å². The Bertz CT molecular complexity index is 2080. The number of hydrogen-bond acceptors (Lipinski definition) is 3. The largest absolute Gasteiger partial charge is 0.497 e. The summed E-state index contributed by atoms with van der Waals surface area (Å²) in [5.74, 6) is 0.784. The van der Waals surface area contributed by atoms with Gasteiger partial charge in [0.15, 0.2) is 0 Å². The predicted octanol–water partition coefficient (Wildman–Crippen LogP) is 9.57. The highest BCUT2D eigenvalue weighted by Crippen LogP contribution is 2.49. The summed E-state index contributed by atoms with van der Waals surface area (Å²) in [5.41, 5.74) is 8.95. The predicted molar refractivity (Wildman–Crippen MR) is 174 cm³/mol. The van der Waals surface area contributed by atoms with Crippen LogP contribution in [0.1, 0.15) is 5.69 Å². The fraction of sp³-hybridized carbons (Fsp3) is 0.0256. The first-order chi connectivity index (χ1) is 21.3. The van der Waals surface area contributed by atoms with Crippen LogP contribution >= 0.6 is 0 Å². The summed E-state index contributed by atoms with van der Waals surface area (Å²) in [6.45, 7) is 0. The van der Waals surface area contributed by atoms with Gasteiger partial charge < -0.3 is 9.30 Å². The second-order valence-corrected chi connectivity index (χ2v) is 10.2. The highest BCUT2D eigenvalue weighted by atomic mass is 16.5. The van der Waals surface area contributed by atoms with Gasteiger partial charge >= 0.3 is 0 Å². The van der Waals surface area contributed by atoms with Gasteiger partial charge in [0.2, 0.25) is 0 Å². The summed E-state index contributed by atoms with van der Waals surface area (Å²) in [7, 11) is 1.68. The zero-order valence-electron chi connectivity index (χ0n) is 23.6. The van der Waals surface area contributed by atoms with Gasteiger partial charge in [0.25, 0.3) is 0 Å². The van der Waals surface area contributed by atoms with Crippen molar-refractivity contribution in [3.8, 4) is 62.4 Å². The molecule has 0 saturated carbocycles. The first-order valence-electron chi connectivity index (χ1n) is 14.2. The van der Waals surface area contributed by atoms with E-state index in [1.165, 1.54) is 0 Å². The van der Waals surface area contributed by atoms with Crippen molar-refractivity contribution in [2.24, 2.45) is 0 Å². The lowest BCUT2D eigenvalue weighted by Crippen LogP contribution is -2.00. The first-order valence-corrected chi connectivity index (χ1v) is 14.2. The molecular weight excluding hydrogens is 526 g/mol. The van der Waals surface area contributed by atoms with E-state index in [0.29, 0.717) is 5.69 Å². The van der Waals surface area contributed by atoms with Crippen molar-refractivity contribution in [3.05, 3.63) is 151 Å². The number of ether oxygens (including phenoxy) is 1. The van der Waals surface area contributed by atoms with Gasteiger partial charge in [-0.2, -0.15) is 5.26 Å². The second kappa shape index (κ2) is 11.2. The Hall–Kier alpha value is -5.92. The summed E-state index contributed by atoms with van der Waals surface area (Å²) in [5, 5.41) is 12.6. The number of hydrogen-bond donors (Lipinski definition) is 0. The molecule has 0 aliphatic heterocycles.